The van der Waals surface area contributed by atoms with Gasteiger partial charge in [-0.15, -0.1) is 0 Å². The van der Waals surface area contributed by atoms with Crippen LogP contribution in [0.15, 0.2) is 30.3 Å². The average Bonchev–Trinajstić information content (AvgIpc) is 2.57. The first-order valence-electron chi connectivity index (χ1n) is 7.86. The monoisotopic (exact) mass is 374 g/mol. The number of hydrogen-bond acceptors (Lipinski definition) is 4. The van der Waals surface area contributed by atoms with E-state index in [1.54, 1.807) is 35.6 Å². The molecule has 0 bridgehead atoms. The molecule has 2 N–H and O–H groups in total. The zero-order valence-electron chi connectivity index (χ0n) is 14.6. The van der Waals surface area contributed by atoms with Crippen molar-refractivity contribution >= 4 is 17.8 Å². The van der Waals surface area contributed by atoms with Gasteiger partial charge in [0.25, 0.3) is 0 Å². The lowest BCUT2D eigenvalue weighted by Crippen LogP contribution is -2.56. The second-order valence-corrected chi connectivity index (χ2v) is 5.97. The molecule has 26 heavy (non-hydrogen) atoms. The van der Waals surface area contributed by atoms with Gasteiger partial charge in [0, 0.05) is 6.42 Å². The van der Waals surface area contributed by atoms with Gasteiger partial charge in [-0.3, -0.25) is 9.59 Å². The molecule has 0 fully saturated rings. The van der Waals surface area contributed by atoms with Gasteiger partial charge in [-0.2, -0.15) is 13.2 Å². The maximum Gasteiger partial charge on any atom is 0.471 e. The van der Waals surface area contributed by atoms with Crippen LogP contribution in [0.2, 0.25) is 0 Å². The number of carbonyl (C=O) groups is 3. The van der Waals surface area contributed by atoms with Gasteiger partial charge in [0.05, 0.1) is 7.11 Å². The van der Waals surface area contributed by atoms with Gasteiger partial charge in [-0.1, -0.05) is 44.2 Å². The Morgan fingerprint density at radius 3 is 2.12 bits per heavy atom. The molecule has 0 saturated carbocycles. The molecular formula is C17H21F3N2O4. The van der Waals surface area contributed by atoms with Crippen molar-refractivity contribution in [3.05, 3.63) is 35.9 Å². The molecule has 0 aliphatic carbocycles. The van der Waals surface area contributed by atoms with E-state index in [0.29, 0.717) is 0 Å². The summed E-state index contributed by atoms with van der Waals surface area (Å²) in [6, 6.07) is 6.17. The minimum atomic E-state index is -5.11. The SMILES string of the molecule is COC(=O)[C@H](Cc1ccccc1)NC(=O)[C@H](NC(=O)C(F)(F)F)C(C)C. The zero-order valence-corrected chi connectivity index (χ0v) is 14.6. The summed E-state index contributed by atoms with van der Waals surface area (Å²) in [7, 11) is 1.14. The molecule has 0 heterocycles. The predicted molar refractivity (Wildman–Crippen MR) is 86.9 cm³/mol. The molecule has 0 spiro atoms. The van der Waals surface area contributed by atoms with Crippen molar-refractivity contribution in [1.82, 2.24) is 10.6 Å². The maximum absolute atomic E-state index is 12.5. The van der Waals surface area contributed by atoms with Crippen molar-refractivity contribution in [1.29, 1.82) is 0 Å². The maximum atomic E-state index is 12.5. The molecular weight excluding hydrogens is 353 g/mol. The second-order valence-electron chi connectivity index (χ2n) is 5.97. The molecule has 0 unspecified atom stereocenters. The van der Waals surface area contributed by atoms with Crippen molar-refractivity contribution in [3.63, 3.8) is 0 Å². The van der Waals surface area contributed by atoms with E-state index in [-0.39, 0.29) is 6.42 Å². The van der Waals surface area contributed by atoms with Gasteiger partial charge in [0.15, 0.2) is 0 Å². The largest absolute Gasteiger partial charge is 0.471 e. The number of ether oxygens (including phenoxy) is 1. The Morgan fingerprint density at radius 1 is 1.08 bits per heavy atom. The zero-order chi connectivity index (χ0) is 19.9. The molecule has 1 aromatic rings. The predicted octanol–water partition coefficient (Wildman–Crippen LogP) is 1.59. The summed E-state index contributed by atoms with van der Waals surface area (Å²) in [5.41, 5.74) is 0.726. The first kappa shape index (κ1) is 21.5. The highest BCUT2D eigenvalue weighted by Gasteiger charge is 2.41. The number of esters is 1. The highest BCUT2D eigenvalue weighted by molar-refractivity contribution is 5.92. The minimum absolute atomic E-state index is 0.0945. The van der Waals surface area contributed by atoms with Crippen LogP contribution in [-0.2, 0) is 25.5 Å². The molecule has 0 saturated heterocycles. The van der Waals surface area contributed by atoms with Crippen LogP contribution in [0.25, 0.3) is 0 Å². The molecule has 0 radical (unpaired) electrons. The standard InChI is InChI=1S/C17H21F3N2O4/c1-10(2)13(22-16(25)17(18,19)20)14(23)21-12(15(24)26-3)9-11-7-5-4-6-8-11/h4-8,10,12-13H,9H2,1-3H3,(H,21,23)(H,22,25)/t12-,13+/m0/s1. The molecule has 1 aromatic carbocycles. The van der Waals surface area contributed by atoms with E-state index in [0.717, 1.165) is 12.7 Å². The highest BCUT2D eigenvalue weighted by atomic mass is 19.4. The molecule has 1 rings (SSSR count). The summed E-state index contributed by atoms with van der Waals surface area (Å²) in [4.78, 5) is 35.4. The van der Waals surface area contributed by atoms with Crippen LogP contribution < -0.4 is 10.6 Å². The molecule has 144 valence electrons. The fourth-order valence-corrected chi connectivity index (χ4v) is 2.20. The molecule has 2 amide bonds. The molecule has 9 heteroatoms. The van der Waals surface area contributed by atoms with Gasteiger partial charge in [-0.25, -0.2) is 4.79 Å². The Bertz CT molecular complexity index is 633. The van der Waals surface area contributed by atoms with E-state index in [1.165, 1.54) is 13.8 Å². The van der Waals surface area contributed by atoms with Crippen LogP contribution in [0, 0.1) is 5.92 Å². The van der Waals surface area contributed by atoms with Crippen LogP contribution in [0.1, 0.15) is 19.4 Å². The number of alkyl halides is 3. The molecule has 0 aliphatic heterocycles. The van der Waals surface area contributed by atoms with E-state index in [4.69, 9.17) is 0 Å². The molecule has 0 aliphatic rings. The van der Waals surface area contributed by atoms with Crippen molar-refractivity contribution in [2.24, 2.45) is 5.92 Å². The third-order valence-electron chi connectivity index (χ3n) is 3.58. The lowest BCUT2D eigenvalue weighted by atomic mass is 10.0. The van der Waals surface area contributed by atoms with Gasteiger partial charge in [-0.05, 0) is 11.5 Å². The van der Waals surface area contributed by atoms with Crippen molar-refractivity contribution in [3.8, 4) is 0 Å². The lowest BCUT2D eigenvalue weighted by Gasteiger charge is -2.25. The summed E-state index contributed by atoms with van der Waals surface area (Å²) in [5.74, 6) is -4.49. The third kappa shape index (κ3) is 6.38. The van der Waals surface area contributed by atoms with Crippen LogP contribution in [0.4, 0.5) is 13.2 Å². The van der Waals surface area contributed by atoms with Gasteiger partial charge >= 0.3 is 18.1 Å². The Labute approximate surface area is 149 Å². The Kier molecular flexibility index (Phi) is 7.60. The Morgan fingerprint density at radius 2 is 1.65 bits per heavy atom. The first-order valence-corrected chi connectivity index (χ1v) is 7.86. The number of amides is 2. The summed E-state index contributed by atoms with van der Waals surface area (Å²) in [6.45, 7) is 2.95. The summed E-state index contributed by atoms with van der Waals surface area (Å²) >= 11 is 0. The quantitative estimate of drug-likeness (QED) is 0.710. The summed E-state index contributed by atoms with van der Waals surface area (Å²) in [6.07, 6.45) is -5.02. The average molecular weight is 374 g/mol. The van der Waals surface area contributed by atoms with Gasteiger partial charge in [0.1, 0.15) is 12.1 Å². The van der Waals surface area contributed by atoms with Crippen molar-refractivity contribution in [2.45, 2.75) is 38.5 Å². The van der Waals surface area contributed by atoms with E-state index >= 15 is 0 Å². The van der Waals surface area contributed by atoms with Crippen molar-refractivity contribution in [2.75, 3.05) is 7.11 Å². The van der Waals surface area contributed by atoms with Gasteiger partial charge in [0.2, 0.25) is 5.91 Å². The molecule has 0 aromatic heterocycles. The van der Waals surface area contributed by atoms with Crippen LogP contribution in [0.3, 0.4) is 0 Å². The summed E-state index contributed by atoms with van der Waals surface area (Å²) < 4.78 is 42.0. The summed E-state index contributed by atoms with van der Waals surface area (Å²) in [5, 5.41) is 4.01. The Balaban J connectivity index is 2.91. The number of hydrogen-bond donors (Lipinski definition) is 2. The normalized spacial score (nSPS) is 13.7. The van der Waals surface area contributed by atoms with Crippen LogP contribution in [0.5, 0.6) is 0 Å². The number of rotatable bonds is 7. The number of benzene rings is 1. The number of methoxy groups -OCH3 is 1. The minimum Gasteiger partial charge on any atom is -0.467 e. The van der Waals surface area contributed by atoms with Crippen molar-refractivity contribution < 1.29 is 32.3 Å². The molecule has 2 atom stereocenters. The molecule has 6 nitrogen and oxygen atoms in total. The van der Waals surface area contributed by atoms with E-state index in [9.17, 15) is 27.6 Å². The first-order chi connectivity index (χ1) is 12.1. The van der Waals surface area contributed by atoms with E-state index in [2.05, 4.69) is 10.1 Å². The number of halogens is 3. The number of nitrogens with one attached hydrogen (secondary N) is 2. The van der Waals surface area contributed by atoms with E-state index < -0.39 is 42.0 Å². The fourth-order valence-electron chi connectivity index (χ4n) is 2.20. The topological polar surface area (TPSA) is 84.5 Å². The number of carbonyl (C=O) groups excluding carboxylic acids is 3. The van der Waals surface area contributed by atoms with Crippen LogP contribution in [-0.4, -0.2) is 43.2 Å². The Hall–Kier alpha value is -2.58. The highest BCUT2D eigenvalue weighted by Crippen LogP contribution is 2.16. The fraction of sp³-hybridized carbons (Fsp3) is 0.471. The second kappa shape index (κ2) is 9.21. The van der Waals surface area contributed by atoms with E-state index in [1.807, 2.05) is 0 Å². The third-order valence-corrected chi connectivity index (χ3v) is 3.58. The lowest BCUT2D eigenvalue weighted by molar-refractivity contribution is -0.175. The smallest absolute Gasteiger partial charge is 0.467 e. The van der Waals surface area contributed by atoms with Crippen LogP contribution >= 0.6 is 0 Å². The van der Waals surface area contributed by atoms with Gasteiger partial charge < -0.3 is 15.4 Å².